The SMILES string of the molecule is CC(C)(C)c1nc(C(C)(C)NC(=O)COc2ccc(Cl)cc2Cl)no1. The summed E-state index contributed by atoms with van der Waals surface area (Å²) >= 11 is 11.8. The van der Waals surface area contributed by atoms with E-state index in [0.29, 0.717) is 27.5 Å². The molecule has 0 spiro atoms. The Kier molecular flexibility index (Phi) is 5.64. The number of nitrogens with zero attached hydrogens (tertiary/aromatic N) is 2. The fourth-order valence-corrected chi connectivity index (χ4v) is 2.42. The zero-order valence-electron chi connectivity index (χ0n) is 14.8. The number of aromatic nitrogens is 2. The largest absolute Gasteiger partial charge is 0.482 e. The van der Waals surface area contributed by atoms with Gasteiger partial charge in [0.05, 0.1) is 10.6 Å². The van der Waals surface area contributed by atoms with Crippen molar-refractivity contribution in [1.29, 1.82) is 0 Å². The molecule has 0 aliphatic rings. The Balaban J connectivity index is 2.00. The third-order valence-electron chi connectivity index (χ3n) is 3.33. The molecule has 0 aliphatic heterocycles. The number of carbonyl (C=O) groups excluding carboxylic acids is 1. The van der Waals surface area contributed by atoms with Crippen molar-refractivity contribution in [3.05, 3.63) is 40.0 Å². The third kappa shape index (κ3) is 5.09. The zero-order valence-corrected chi connectivity index (χ0v) is 16.3. The van der Waals surface area contributed by atoms with E-state index in [1.807, 2.05) is 20.8 Å². The van der Waals surface area contributed by atoms with Gasteiger partial charge in [-0.1, -0.05) is 49.1 Å². The van der Waals surface area contributed by atoms with Gasteiger partial charge in [-0.3, -0.25) is 4.79 Å². The molecule has 2 rings (SSSR count). The van der Waals surface area contributed by atoms with Crippen molar-refractivity contribution in [1.82, 2.24) is 15.5 Å². The van der Waals surface area contributed by atoms with Crippen LogP contribution in [0.5, 0.6) is 5.75 Å². The number of amides is 1. The third-order valence-corrected chi connectivity index (χ3v) is 3.86. The molecule has 1 amide bonds. The summed E-state index contributed by atoms with van der Waals surface area (Å²) < 4.78 is 10.7. The predicted molar refractivity (Wildman–Crippen MR) is 96.1 cm³/mol. The van der Waals surface area contributed by atoms with Crippen LogP contribution in [-0.2, 0) is 15.7 Å². The van der Waals surface area contributed by atoms with Gasteiger partial charge in [0.25, 0.3) is 5.91 Å². The van der Waals surface area contributed by atoms with Crippen LogP contribution in [0.2, 0.25) is 10.0 Å². The maximum absolute atomic E-state index is 12.2. The molecule has 0 unspecified atom stereocenters. The van der Waals surface area contributed by atoms with Crippen molar-refractivity contribution < 1.29 is 14.1 Å². The molecule has 0 saturated carbocycles. The van der Waals surface area contributed by atoms with E-state index in [4.69, 9.17) is 32.5 Å². The van der Waals surface area contributed by atoms with Gasteiger partial charge in [-0.15, -0.1) is 0 Å². The van der Waals surface area contributed by atoms with Gasteiger partial charge in [0.2, 0.25) is 5.89 Å². The average Bonchev–Trinajstić information content (AvgIpc) is 2.96. The maximum atomic E-state index is 12.2. The van der Waals surface area contributed by atoms with E-state index in [0.717, 1.165) is 0 Å². The highest BCUT2D eigenvalue weighted by atomic mass is 35.5. The van der Waals surface area contributed by atoms with Crippen LogP contribution >= 0.6 is 23.2 Å². The molecule has 1 heterocycles. The molecule has 1 N–H and O–H groups in total. The first-order valence-electron chi connectivity index (χ1n) is 7.72. The number of ether oxygens (including phenoxy) is 1. The first-order valence-corrected chi connectivity index (χ1v) is 8.48. The minimum absolute atomic E-state index is 0.200. The molecule has 8 heteroatoms. The maximum Gasteiger partial charge on any atom is 0.258 e. The minimum atomic E-state index is -0.808. The second-order valence-corrected chi connectivity index (χ2v) is 8.05. The van der Waals surface area contributed by atoms with Gasteiger partial charge >= 0.3 is 0 Å². The highest BCUT2D eigenvalue weighted by molar-refractivity contribution is 6.35. The Bertz CT molecular complexity index is 767. The summed E-state index contributed by atoms with van der Waals surface area (Å²) in [5, 5.41) is 7.63. The van der Waals surface area contributed by atoms with Crippen LogP contribution in [0.4, 0.5) is 0 Å². The topological polar surface area (TPSA) is 77.2 Å². The van der Waals surface area contributed by atoms with E-state index in [1.54, 1.807) is 32.0 Å². The number of hydrogen-bond donors (Lipinski definition) is 1. The second-order valence-electron chi connectivity index (χ2n) is 7.21. The highest BCUT2D eigenvalue weighted by Crippen LogP contribution is 2.27. The molecule has 136 valence electrons. The second kappa shape index (κ2) is 7.22. The van der Waals surface area contributed by atoms with E-state index >= 15 is 0 Å². The Morgan fingerprint density at radius 3 is 2.48 bits per heavy atom. The lowest BCUT2D eigenvalue weighted by Gasteiger charge is -2.22. The van der Waals surface area contributed by atoms with Gasteiger partial charge < -0.3 is 14.6 Å². The van der Waals surface area contributed by atoms with Crippen LogP contribution in [-0.4, -0.2) is 22.7 Å². The van der Waals surface area contributed by atoms with Crippen LogP contribution in [0, 0.1) is 0 Å². The molecule has 1 aromatic carbocycles. The fraction of sp³-hybridized carbons (Fsp3) is 0.471. The normalized spacial score (nSPS) is 12.1. The summed E-state index contributed by atoms with van der Waals surface area (Å²) in [6.07, 6.45) is 0. The van der Waals surface area contributed by atoms with Crippen molar-refractivity contribution in [3.63, 3.8) is 0 Å². The Labute approximate surface area is 156 Å². The highest BCUT2D eigenvalue weighted by Gasteiger charge is 2.31. The van der Waals surface area contributed by atoms with Crippen LogP contribution in [0.1, 0.15) is 46.3 Å². The number of rotatable bonds is 5. The predicted octanol–water partition coefficient (Wildman–Crippen LogP) is 4.10. The lowest BCUT2D eigenvalue weighted by molar-refractivity contribution is -0.124. The quantitative estimate of drug-likeness (QED) is 0.837. The van der Waals surface area contributed by atoms with Gasteiger partial charge in [-0.25, -0.2) is 0 Å². The average molecular weight is 386 g/mol. The van der Waals surface area contributed by atoms with Gasteiger partial charge in [-0.2, -0.15) is 4.98 Å². The Morgan fingerprint density at radius 1 is 1.24 bits per heavy atom. The van der Waals surface area contributed by atoms with Crippen LogP contribution in [0.15, 0.2) is 22.7 Å². The summed E-state index contributed by atoms with van der Waals surface area (Å²) in [5.74, 6) is 0.955. The summed E-state index contributed by atoms with van der Waals surface area (Å²) in [7, 11) is 0. The van der Waals surface area contributed by atoms with Crippen LogP contribution < -0.4 is 10.1 Å². The lowest BCUT2D eigenvalue weighted by atomic mass is 9.97. The summed E-state index contributed by atoms with van der Waals surface area (Å²) in [5.41, 5.74) is -1.07. The Hall–Kier alpha value is -1.79. The molecular weight excluding hydrogens is 365 g/mol. The van der Waals surface area contributed by atoms with Crippen molar-refractivity contribution in [2.24, 2.45) is 0 Å². The molecule has 25 heavy (non-hydrogen) atoms. The van der Waals surface area contributed by atoms with Gasteiger partial charge in [0.1, 0.15) is 5.75 Å². The monoisotopic (exact) mass is 385 g/mol. The van der Waals surface area contributed by atoms with Crippen molar-refractivity contribution in [2.75, 3.05) is 6.61 Å². The summed E-state index contributed by atoms with van der Waals surface area (Å²) in [6, 6.07) is 4.80. The van der Waals surface area contributed by atoms with Gasteiger partial charge in [0.15, 0.2) is 12.4 Å². The first-order chi connectivity index (χ1) is 11.5. The van der Waals surface area contributed by atoms with E-state index < -0.39 is 5.54 Å². The molecule has 0 atom stereocenters. The molecule has 0 radical (unpaired) electrons. The summed E-state index contributed by atoms with van der Waals surface area (Å²) in [4.78, 5) is 16.6. The molecule has 2 aromatic rings. The standard InChI is InChI=1S/C17H21Cl2N3O3/c1-16(2,3)15-20-14(22-25-15)17(4,5)21-13(23)9-24-12-7-6-10(18)8-11(12)19/h6-8H,9H2,1-5H3,(H,21,23). The smallest absolute Gasteiger partial charge is 0.258 e. The van der Waals surface area contributed by atoms with Crippen molar-refractivity contribution in [3.8, 4) is 5.75 Å². The Morgan fingerprint density at radius 2 is 1.92 bits per heavy atom. The summed E-state index contributed by atoms with van der Waals surface area (Å²) in [6.45, 7) is 9.29. The molecule has 0 bridgehead atoms. The van der Waals surface area contributed by atoms with E-state index in [-0.39, 0.29) is 17.9 Å². The lowest BCUT2D eigenvalue weighted by Crippen LogP contribution is -2.44. The number of carbonyl (C=O) groups is 1. The molecule has 0 saturated heterocycles. The minimum Gasteiger partial charge on any atom is -0.482 e. The molecule has 0 fully saturated rings. The van der Waals surface area contributed by atoms with Crippen LogP contribution in [0.3, 0.4) is 0 Å². The van der Waals surface area contributed by atoms with Crippen molar-refractivity contribution >= 4 is 29.1 Å². The van der Waals surface area contributed by atoms with Crippen LogP contribution in [0.25, 0.3) is 0 Å². The number of nitrogens with one attached hydrogen (secondary N) is 1. The number of hydrogen-bond acceptors (Lipinski definition) is 5. The van der Waals surface area contributed by atoms with Crippen molar-refractivity contribution in [2.45, 2.75) is 45.6 Å². The molecular formula is C17H21Cl2N3O3. The number of halogens is 2. The van der Waals surface area contributed by atoms with Gasteiger partial charge in [0, 0.05) is 10.4 Å². The first kappa shape index (κ1) is 19.5. The molecule has 6 nitrogen and oxygen atoms in total. The molecule has 1 aromatic heterocycles. The van der Waals surface area contributed by atoms with E-state index in [2.05, 4.69) is 15.5 Å². The van der Waals surface area contributed by atoms with Gasteiger partial charge in [-0.05, 0) is 32.0 Å². The fourth-order valence-electron chi connectivity index (χ4n) is 1.96. The van der Waals surface area contributed by atoms with E-state index in [1.165, 1.54) is 0 Å². The zero-order chi connectivity index (χ0) is 18.8. The molecule has 0 aliphatic carbocycles. The number of benzene rings is 1. The van der Waals surface area contributed by atoms with E-state index in [9.17, 15) is 4.79 Å².